The molecule has 2 amide bonds. The van der Waals surface area contributed by atoms with E-state index in [1.807, 2.05) is 20.8 Å². The van der Waals surface area contributed by atoms with E-state index >= 15 is 0 Å². The van der Waals surface area contributed by atoms with Gasteiger partial charge in [-0.1, -0.05) is 6.07 Å². The first-order valence-corrected chi connectivity index (χ1v) is 10.5. The molecule has 2 aromatic rings. The molecule has 29 heavy (non-hydrogen) atoms. The number of carbonyl (C=O) groups is 1. The summed E-state index contributed by atoms with van der Waals surface area (Å²) in [7, 11) is -2.80. The van der Waals surface area contributed by atoms with Gasteiger partial charge in [0.25, 0.3) is 0 Å². The van der Waals surface area contributed by atoms with Crippen LogP contribution in [0.4, 0.5) is 9.18 Å². The Balaban J connectivity index is 2.32. The lowest BCUT2D eigenvalue weighted by atomic mass is 10.1. The maximum Gasteiger partial charge on any atom is 0.339 e. The number of nitrogens with one attached hydrogen (secondary N) is 1. The molecule has 0 heterocycles. The summed E-state index contributed by atoms with van der Waals surface area (Å²) in [5.74, 6) is -0.356. The van der Waals surface area contributed by atoms with E-state index in [-0.39, 0.29) is 35.0 Å². The minimum atomic E-state index is -4.19. The number of rotatable bonds is 8. The van der Waals surface area contributed by atoms with E-state index in [4.69, 9.17) is 8.92 Å². The summed E-state index contributed by atoms with van der Waals surface area (Å²) in [6.45, 7) is 6.34. The van der Waals surface area contributed by atoms with Crippen molar-refractivity contribution in [3.05, 3.63) is 53.8 Å². The Hall–Kier alpha value is -2.81. The monoisotopic (exact) mass is 424 g/mol. The first-order valence-electron chi connectivity index (χ1n) is 9.09. The standard InChI is InChI=1S/C20H25FN2O5S/c1-5-22-20(24)23(14(2)3)13-15-6-11-18(27-4)19(12-15)28-29(25,26)17-9-7-16(21)8-10-17/h6-12,14H,5,13H2,1-4H3,(H,22,24). The van der Waals surface area contributed by atoms with Gasteiger partial charge in [0.2, 0.25) is 0 Å². The molecule has 7 nitrogen and oxygen atoms in total. The zero-order valence-corrected chi connectivity index (χ0v) is 17.6. The van der Waals surface area contributed by atoms with Crippen LogP contribution in [0.2, 0.25) is 0 Å². The molecule has 0 fully saturated rings. The minimum absolute atomic E-state index is 0.0195. The van der Waals surface area contributed by atoms with Gasteiger partial charge in [-0.2, -0.15) is 8.42 Å². The summed E-state index contributed by atoms with van der Waals surface area (Å²) >= 11 is 0. The van der Waals surface area contributed by atoms with Crippen molar-refractivity contribution in [2.75, 3.05) is 13.7 Å². The van der Waals surface area contributed by atoms with Gasteiger partial charge in [-0.15, -0.1) is 0 Å². The molecule has 9 heteroatoms. The third kappa shape index (κ3) is 5.83. The molecule has 1 N–H and O–H groups in total. The Morgan fingerprint density at radius 2 is 1.79 bits per heavy atom. The molecule has 0 saturated heterocycles. The predicted molar refractivity (Wildman–Crippen MR) is 107 cm³/mol. The lowest BCUT2D eigenvalue weighted by molar-refractivity contribution is 0.180. The third-order valence-corrected chi connectivity index (χ3v) is 5.34. The van der Waals surface area contributed by atoms with Crippen LogP contribution in [0.1, 0.15) is 26.3 Å². The Labute approximate surface area is 170 Å². The number of hydrogen-bond acceptors (Lipinski definition) is 5. The Morgan fingerprint density at radius 3 is 2.34 bits per heavy atom. The molecule has 158 valence electrons. The van der Waals surface area contributed by atoms with Crippen LogP contribution in [0.3, 0.4) is 0 Å². The summed E-state index contributed by atoms with van der Waals surface area (Å²) < 4.78 is 48.6. The second-order valence-corrected chi connectivity index (χ2v) is 8.08. The Bertz CT molecular complexity index is 946. The number of amides is 2. The molecule has 2 aromatic carbocycles. The lowest BCUT2D eigenvalue weighted by Crippen LogP contribution is -2.43. The van der Waals surface area contributed by atoms with Crippen molar-refractivity contribution in [3.8, 4) is 11.5 Å². The third-order valence-electron chi connectivity index (χ3n) is 4.09. The van der Waals surface area contributed by atoms with Crippen molar-refractivity contribution in [2.45, 2.75) is 38.3 Å². The zero-order chi connectivity index (χ0) is 21.6. The molecule has 0 saturated carbocycles. The minimum Gasteiger partial charge on any atom is -0.493 e. The van der Waals surface area contributed by atoms with Crippen LogP contribution in [0, 0.1) is 5.82 Å². The zero-order valence-electron chi connectivity index (χ0n) is 16.8. The SMILES string of the molecule is CCNC(=O)N(Cc1ccc(OC)c(OS(=O)(=O)c2ccc(F)cc2)c1)C(C)C. The molecule has 0 aromatic heterocycles. The molecule has 2 rings (SSSR count). The number of benzene rings is 2. The topological polar surface area (TPSA) is 84.9 Å². The Morgan fingerprint density at radius 1 is 1.14 bits per heavy atom. The van der Waals surface area contributed by atoms with Crippen molar-refractivity contribution in [2.24, 2.45) is 0 Å². The molecular weight excluding hydrogens is 399 g/mol. The van der Waals surface area contributed by atoms with Crippen LogP contribution < -0.4 is 14.2 Å². The number of nitrogens with zero attached hydrogens (tertiary/aromatic N) is 1. The summed E-state index contributed by atoms with van der Waals surface area (Å²) in [6, 6.07) is 8.83. The van der Waals surface area contributed by atoms with Gasteiger partial charge in [0.1, 0.15) is 10.7 Å². The van der Waals surface area contributed by atoms with E-state index in [2.05, 4.69) is 5.32 Å². The van der Waals surface area contributed by atoms with Crippen molar-refractivity contribution < 1.29 is 26.5 Å². The average molecular weight is 424 g/mol. The van der Waals surface area contributed by atoms with E-state index in [1.165, 1.54) is 13.2 Å². The van der Waals surface area contributed by atoms with E-state index < -0.39 is 15.9 Å². The fourth-order valence-electron chi connectivity index (χ4n) is 2.59. The molecule has 0 aliphatic rings. The second-order valence-electron chi connectivity index (χ2n) is 6.53. The van der Waals surface area contributed by atoms with Crippen molar-refractivity contribution in [1.82, 2.24) is 10.2 Å². The number of hydrogen-bond donors (Lipinski definition) is 1. The summed E-state index contributed by atoms with van der Waals surface area (Å²) in [5, 5.41) is 2.75. The van der Waals surface area contributed by atoms with Crippen LogP contribution in [-0.4, -0.2) is 39.0 Å². The van der Waals surface area contributed by atoms with Gasteiger partial charge >= 0.3 is 16.1 Å². The molecule has 0 aliphatic carbocycles. The van der Waals surface area contributed by atoms with Crippen molar-refractivity contribution in [3.63, 3.8) is 0 Å². The highest BCUT2D eigenvalue weighted by Gasteiger charge is 2.21. The van der Waals surface area contributed by atoms with Gasteiger partial charge < -0.3 is 19.1 Å². The number of urea groups is 1. The quantitative estimate of drug-likeness (QED) is 0.655. The number of carbonyl (C=O) groups excluding carboxylic acids is 1. The van der Waals surface area contributed by atoms with Gasteiger partial charge in [-0.3, -0.25) is 0 Å². The largest absolute Gasteiger partial charge is 0.493 e. The van der Waals surface area contributed by atoms with Gasteiger partial charge in [0.15, 0.2) is 11.5 Å². The number of halogens is 1. The summed E-state index contributed by atoms with van der Waals surface area (Å²) in [5.41, 5.74) is 0.662. The maximum atomic E-state index is 13.1. The van der Waals surface area contributed by atoms with Gasteiger partial charge in [-0.05, 0) is 62.7 Å². The molecule has 0 bridgehead atoms. The van der Waals surface area contributed by atoms with E-state index in [9.17, 15) is 17.6 Å². The van der Waals surface area contributed by atoms with Crippen molar-refractivity contribution >= 4 is 16.1 Å². The first kappa shape index (κ1) is 22.5. The highest BCUT2D eigenvalue weighted by atomic mass is 32.2. The fourth-order valence-corrected chi connectivity index (χ4v) is 3.52. The van der Waals surface area contributed by atoms with E-state index in [1.54, 1.807) is 17.0 Å². The van der Waals surface area contributed by atoms with Crippen LogP contribution in [0.5, 0.6) is 11.5 Å². The van der Waals surface area contributed by atoms with Crippen molar-refractivity contribution in [1.29, 1.82) is 0 Å². The van der Waals surface area contributed by atoms with E-state index in [0.29, 0.717) is 12.1 Å². The van der Waals surface area contributed by atoms with Gasteiger partial charge in [0.05, 0.1) is 7.11 Å². The van der Waals surface area contributed by atoms with Crippen LogP contribution in [0.25, 0.3) is 0 Å². The Kier molecular flexibility index (Phi) is 7.44. The average Bonchev–Trinajstić information content (AvgIpc) is 2.66. The number of methoxy groups -OCH3 is 1. The molecular formula is C20H25FN2O5S. The first-order chi connectivity index (χ1) is 13.7. The van der Waals surface area contributed by atoms with Crippen LogP contribution in [-0.2, 0) is 16.7 Å². The molecule has 0 radical (unpaired) electrons. The predicted octanol–water partition coefficient (Wildman–Crippen LogP) is 3.54. The smallest absolute Gasteiger partial charge is 0.339 e. The van der Waals surface area contributed by atoms with Gasteiger partial charge in [0, 0.05) is 19.1 Å². The lowest BCUT2D eigenvalue weighted by Gasteiger charge is -2.27. The highest BCUT2D eigenvalue weighted by molar-refractivity contribution is 7.87. The number of ether oxygens (including phenoxy) is 1. The molecule has 0 aliphatic heterocycles. The summed E-state index contributed by atoms with van der Waals surface area (Å²) in [4.78, 5) is 13.7. The fraction of sp³-hybridized carbons (Fsp3) is 0.350. The van der Waals surface area contributed by atoms with Gasteiger partial charge in [-0.25, -0.2) is 9.18 Å². The van der Waals surface area contributed by atoms with Crippen LogP contribution >= 0.6 is 0 Å². The highest BCUT2D eigenvalue weighted by Crippen LogP contribution is 2.31. The molecule has 0 atom stereocenters. The summed E-state index contributed by atoms with van der Waals surface area (Å²) in [6.07, 6.45) is 0. The maximum absolute atomic E-state index is 13.1. The second kappa shape index (κ2) is 9.60. The normalized spacial score (nSPS) is 11.2. The molecule has 0 spiro atoms. The van der Waals surface area contributed by atoms with E-state index in [0.717, 1.165) is 24.3 Å². The molecule has 0 unspecified atom stereocenters. The van der Waals surface area contributed by atoms with Crippen LogP contribution in [0.15, 0.2) is 47.4 Å².